The normalized spacial score (nSPS) is 19.3. The first-order valence-corrected chi connectivity index (χ1v) is 2.74. The zero-order valence-corrected chi connectivity index (χ0v) is 5.57. The lowest BCUT2D eigenvalue weighted by atomic mass is 9.83. The molecule has 0 radical (unpaired) electrons. The number of amides is 1. The highest BCUT2D eigenvalue weighted by Crippen LogP contribution is 2.30. The summed E-state index contributed by atoms with van der Waals surface area (Å²) in [5.74, 6) is -6.31. The molecule has 0 aromatic carbocycles. The lowest BCUT2D eigenvalue weighted by Crippen LogP contribution is -2.65. The van der Waals surface area contributed by atoms with Crippen LogP contribution >= 0.6 is 0 Å². The van der Waals surface area contributed by atoms with Crippen LogP contribution < -0.4 is 5.73 Å². The number of rotatable bonds is 2. The Morgan fingerprint density at radius 2 is 1.75 bits per heavy atom. The first-order valence-electron chi connectivity index (χ1n) is 2.74. The van der Waals surface area contributed by atoms with E-state index in [1.807, 2.05) is 0 Å². The quantitative estimate of drug-likeness (QED) is 0.355. The van der Waals surface area contributed by atoms with Gasteiger partial charge in [-0.25, -0.2) is 14.4 Å². The van der Waals surface area contributed by atoms with E-state index in [1.54, 1.807) is 0 Å². The molecule has 0 bridgehead atoms. The summed E-state index contributed by atoms with van der Waals surface area (Å²) in [6, 6.07) is 0. The zero-order valence-electron chi connectivity index (χ0n) is 5.57. The van der Waals surface area contributed by atoms with E-state index >= 15 is 0 Å². The van der Waals surface area contributed by atoms with Crippen molar-refractivity contribution in [3.8, 4) is 0 Å². The number of carboxylic acids is 1. The highest BCUT2D eigenvalue weighted by Gasteiger charge is 2.70. The van der Waals surface area contributed by atoms with Gasteiger partial charge in [0.25, 0.3) is 5.91 Å². The lowest BCUT2D eigenvalue weighted by Gasteiger charge is -2.28. The molecule has 1 rings (SSSR count). The van der Waals surface area contributed by atoms with Gasteiger partial charge in [-0.1, -0.05) is 0 Å². The maximum absolute atomic E-state index is 10.5. The summed E-state index contributed by atoms with van der Waals surface area (Å²) in [5.41, 5.74) is 1.77. The van der Waals surface area contributed by atoms with E-state index < -0.39 is 29.2 Å². The topological polar surface area (TPSA) is 124 Å². The average Bonchev–Trinajstić information content (AvgIpc) is 1.84. The van der Waals surface area contributed by atoms with Gasteiger partial charge in [-0.05, 0) is 0 Å². The summed E-state index contributed by atoms with van der Waals surface area (Å²) in [5, 5.41) is 8.37. The first kappa shape index (κ1) is 8.18. The lowest BCUT2D eigenvalue weighted by molar-refractivity contribution is -0.201. The third-order valence-corrected chi connectivity index (χ3v) is 1.49. The minimum Gasteiger partial charge on any atom is -0.480 e. The van der Waals surface area contributed by atoms with Crippen LogP contribution in [0.2, 0.25) is 0 Å². The van der Waals surface area contributed by atoms with E-state index in [9.17, 15) is 19.2 Å². The monoisotopic (exact) mass is 173 g/mol. The predicted octanol–water partition coefficient (Wildman–Crippen LogP) is -2.37. The van der Waals surface area contributed by atoms with Crippen molar-refractivity contribution >= 4 is 23.8 Å². The number of esters is 2. The number of carbonyl (C=O) groups is 4. The largest absolute Gasteiger partial charge is 0.480 e. The number of cyclic esters (lactones) is 2. The van der Waals surface area contributed by atoms with E-state index in [-0.39, 0.29) is 0 Å². The van der Waals surface area contributed by atoms with Crippen LogP contribution in [0.4, 0.5) is 0 Å². The fraction of sp³-hybridized carbons (Fsp3) is 0.200. The summed E-state index contributed by atoms with van der Waals surface area (Å²) in [6.07, 6.45) is 0. The molecule has 7 nitrogen and oxygen atoms in total. The summed E-state index contributed by atoms with van der Waals surface area (Å²) < 4.78 is 3.72. The smallest absolute Gasteiger partial charge is 0.352 e. The van der Waals surface area contributed by atoms with Crippen LogP contribution in [-0.2, 0) is 23.9 Å². The molecule has 0 unspecified atom stereocenters. The molecular weight excluding hydrogens is 170 g/mol. The maximum atomic E-state index is 10.5. The van der Waals surface area contributed by atoms with Crippen LogP contribution in [0.1, 0.15) is 0 Å². The Labute approximate surface area is 65.1 Å². The number of aliphatic carboxylic acids is 1. The maximum Gasteiger partial charge on any atom is 0.352 e. The van der Waals surface area contributed by atoms with Crippen molar-refractivity contribution in [2.45, 2.75) is 0 Å². The third-order valence-electron chi connectivity index (χ3n) is 1.49. The zero-order chi connectivity index (χ0) is 9.52. The molecule has 0 atom stereocenters. The molecule has 3 N–H and O–H groups in total. The highest BCUT2D eigenvalue weighted by molar-refractivity contribution is 6.40. The van der Waals surface area contributed by atoms with Crippen molar-refractivity contribution in [1.29, 1.82) is 0 Å². The molecule has 0 saturated carbocycles. The van der Waals surface area contributed by atoms with Crippen molar-refractivity contribution < 1.29 is 29.0 Å². The number of carbonyl (C=O) groups excluding carboxylic acids is 3. The van der Waals surface area contributed by atoms with Gasteiger partial charge in [0.05, 0.1) is 0 Å². The van der Waals surface area contributed by atoms with E-state index in [0.29, 0.717) is 0 Å². The number of hydrogen-bond donors (Lipinski definition) is 2. The van der Waals surface area contributed by atoms with Crippen LogP contribution in [0.5, 0.6) is 0 Å². The molecule has 0 aromatic rings. The van der Waals surface area contributed by atoms with Crippen LogP contribution in [0, 0.1) is 5.41 Å². The molecule has 1 aliphatic heterocycles. The van der Waals surface area contributed by atoms with Gasteiger partial charge in [-0.15, -0.1) is 0 Å². The molecule has 12 heavy (non-hydrogen) atoms. The van der Waals surface area contributed by atoms with Gasteiger partial charge in [-0.3, -0.25) is 4.79 Å². The summed E-state index contributed by atoms with van der Waals surface area (Å²) in [7, 11) is 0. The minimum absolute atomic E-state index is 1.44. The van der Waals surface area contributed by atoms with Crippen molar-refractivity contribution in [2.75, 3.05) is 0 Å². The minimum atomic E-state index is -2.81. The average molecular weight is 173 g/mol. The second-order valence-corrected chi connectivity index (χ2v) is 2.10. The third kappa shape index (κ3) is 0.595. The molecule has 0 aromatic heterocycles. The summed E-state index contributed by atoms with van der Waals surface area (Å²) >= 11 is 0. The fourth-order valence-corrected chi connectivity index (χ4v) is 0.755. The van der Waals surface area contributed by atoms with Gasteiger partial charge < -0.3 is 15.6 Å². The molecule has 0 spiro atoms. The number of primary amides is 1. The second kappa shape index (κ2) is 2.03. The van der Waals surface area contributed by atoms with Gasteiger partial charge >= 0.3 is 23.3 Å². The fourth-order valence-electron chi connectivity index (χ4n) is 0.755. The molecule has 1 fully saturated rings. The van der Waals surface area contributed by atoms with Crippen molar-refractivity contribution in [3.05, 3.63) is 0 Å². The van der Waals surface area contributed by atoms with Crippen molar-refractivity contribution in [2.24, 2.45) is 11.1 Å². The van der Waals surface area contributed by atoms with Gasteiger partial charge in [0, 0.05) is 0 Å². The van der Waals surface area contributed by atoms with Gasteiger partial charge in [0.2, 0.25) is 0 Å². The Hall–Kier alpha value is -1.92. The number of carboxylic acid groups (broad SMARTS) is 1. The van der Waals surface area contributed by atoms with E-state index in [2.05, 4.69) is 10.5 Å². The Morgan fingerprint density at radius 1 is 1.33 bits per heavy atom. The van der Waals surface area contributed by atoms with E-state index in [1.165, 1.54) is 0 Å². The second-order valence-electron chi connectivity index (χ2n) is 2.10. The van der Waals surface area contributed by atoms with Crippen molar-refractivity contribution in [3.63, 3.8) is 0 Å². The van der Waals surface area contributed by atoms with Crippen molar-refractivity contribution in [1.82, 2.24) is 0 Å². The van der Waals surface area contributed by atoms with Crippen LogP contribution in [0.15, 0.2) is 0 Å². The molecule has 1 saturated heterocycles. The van der Waals surface area contributed by atoms with E-state index in [4.69, 9.17) is 5.11 Å². The van der Waals surface area contributed by atoms with E-state index in [0.717, 1.165) is 0 Å². The number of ether oxygens (including phenoxy) is 1. The predicted molar refractivity (Wildman–Crippen MR) is 30.4 cm³/mol. The molecule has 1 heterocycles. The Morgan fingerprint density at radius 3 is 1.83 bits per heavy atom. The molecule has 1 aliphatic rings. The van der Waals surface area contributed by atoms with Crippen LogP contribution in [0.3, 0.4) is 0 Å². The Balaban J connectivity index is 3.20. The molecule has 64 valence electrons. The van der Waals surface area contributed by atoms with Gasteiger partial charge in [-0.2, -0.15) is 0 Å². The standard InChI is InChI=1S/C5H3NO6/c6-1(7)5(2(8)9)3(10)12-4(5)11/h(H2,6,7)(H,8,9). The summed E-state index contributed by atoms with van der Waals surface area (Å²) in [6.45, 7) is 0. The van der Waals surface area contributed by atoms with Crippen LogP contribution in [0.25, 0.3) is 0 Å². The highest BCUT2D eigenvalue weighted by atomic mass is 16.6. The number of hydrogen-bond acceptors (Lipinski definition) is 5. The first-order chi connectivity index (χ1) is 5.44. The molecule has 7 heteroatoms. The van der Waals surface area contributed by atoms with Gasteiger partial charge in [0.15, 0.2) is 0 Å². The van der Waals surface area contributed by atoms with Gasteiger partial charge in [0.1, 0.15) is 0 Å². The molecular formula is C5H3NO6. The molecule has 0 aliphatic carbocycles. The Kier molecular flexibility index (Phi) is 1.39. The molecule has 1 amide bonds. The number of nitrogens with two attached hydrogens (primary N) is 1. The van der Waals surface area contributed by atoms with Crippen LogP contribution in [-0.4, -0.2) is 28.9 Å². The Bertz CT molecular complexity index is 256. The SMILES string of the molecule is NC(=O)C1(C(=O)O)C(=O)OC1=O. The summed E-state index contributed by atoms with van der Waals surface area (Å²) in [4.78, 5) is 41.9.